The Kier molecular flexibility index (Phi) is 3.44. The summed E-state index contributed by atoms with van der Waals surface area (Å²) in [4.78, 5) is 0. The van der Waals surface area contributed by atoms with Crippen LogP contribution in [0.2, 0.25) is 5.02 Å². The molecule has 0 unspecified atom stereocenters. The lowest BCUT2D eigenvalue weighted by molar-refractivity contribution is 0.350. The van der Waals surface area contributed by atoms with Crippen molar-refractivity contribution in [1.82, 2.24) is 10.5 Å². The number of nitrogens with one attached hydrogen (secondary N) is 1. The molecule has 0 aliphatic carbocycles. The van der Waals surface area contributed by atoms with Gasteiger partial charge in [-0.25, -0.2) is 0 Å². The molecule has 0 bridgehead atoms. The highest BCUT2D eigenvalue weighted by Crippen LogP contribution is 2.32. The van der Waals surface area contributed by atoms with Gasteiger partial charge in [0.25, 0.3) is 0 Å². The first-order valence-electron chi connectivity index (χ1n) is 6.29. The SMILES string of the molecule is Cc1cc(CNCc2cc(Cl)cc3c2OCC3)on1. The minimum absolute atomic E-state index is 0.641. The molecule has 0 radical (unpaired) electrons. The third-order valence-electron chi connectivity index (χ3n) is 3.12. The van der Waals surface area contributed by atoms with Gasteiger partial charge in [0.2, 0.25) is 0 Å². The minimum atomic E-state index is 0.641. The summed E-state index contributed by atoms with van der Waals surface area (Å²) in [7, 11) is 0. The fourth-order valence-corrected chi connectivity index (χ4v) is 2.56. The van der Waals surface area contributed by atoms with E-state index in [4.69, 9.17) is 20.9 Å². The van der Waals surface area contributed by atoms with Crippen molar-refractivity contribution >= 4 is 11.6 Å². The molecule has 1 aromatic carbocycles. The van der Waals surface area contributed by atoms with Gasteiger partial charge in [0.05, 0.1) is 18.8 Å². The highest BCUT2D eigenvalue weighted by atomic mass is 35.5. The van der Waals surface area contributed by atoms with Crippen LogP contribution in [0, 0.1) is 6.92 Å². The second-order valence-electron chi connectivity index (χ2n) is 4.69. The highest BCUT2D eigenvalue weighted by molar-refractivity contribution is 6.30. The smallest absolute Gasteiger partial charge is 0.150 e. The van der Waals surface area contributed by atoms with Gasteiger partial charge in [0.15, 0.2) is 5.76 Å². The normalized spacial score (nSPS) is 13.4. The third kappa shape index (κ3) is 2.74. The van der Waals surface area contributed by atoms with Crippen molar-refractivity contribution in [1.29, 1.82) is 0 Å². The minimum Gasteiger partial charge on any atom is -0.493 e. The highest BCUT2D eigenvalue weighted by Gasteiger charge is 2.17. The summed E-state index contributed by atoms with van der Waals surface area (Å²) >= 11 is 6.12. The van der Waals surface area contributed by atoms with Gasteiger partial charge in [-0.15, -0.1) is 0 Å². The van der Waals surface area contributed by atoms with Gasteiger partial charge >= 0.3 is 0 Å². The lowest BCUT2D eigenvalue weighted by Gasteiger charge is -2.09. The van der Waals surface area contributed by atoms with E-state index in [9.17, 15) is 0 Å². The van der Waals surface area contributed by atoms with Gasteiger partial charge in [0, 0.05) is 29.6 Å². The number of nitrogens with zero attached hydrogens (tertiary/aromatic N) is 1. The van der Waals surface area contributed by atoms with Crippen LogP contribution < -0.4 is 10.1 Å². The molecule has 1 N–H and O–H groups in total. The molecule has 5 heteroatoms. The molecule has 2 heterocycles. The van der Waals surface area contributed by atoms with Gasteiger partial charge < -0.3 is 14.6 Å². The number of aromatic nitrogens is 1. The third-order valence-corrected chi connectivity index (χ3v) is 3.34. The predicted octanol–water partition coefficient (Wildman–Crippen LogP) is 2.86. The van der Waals surface area contributed by atoms with Gasteiger partial charge in [-0.3, -0.25) is 0 Å². The van der Waals surface area contributed by atoms with Crippen LogP contribution in [-0.4, -0.2) is 11.8 Å². The van der Waals surface area contributed by atoms with Gasteiger partial charge in [-0.05, 0) is 24.6 Å². The molecule has 1 aromatic heterocycles. The zero-order valence-electron chi connectivity index (χ0n) is 10.7. The van der Waals surface area contributed by atoms with E-state index in [-0.39, 0.29) is 0 Å². The molecule has 2 aromatic rings. The van der Waals surface area contributed by atoms with Crippen LogP contribution >= 0.6 is 11.6 Å². The monoisotopic (exact) mass is 278 g/mol. The molecule has 19 heavy (non-hydrogen) atoms. The summed E-state index contributed by atoms with van der Waals surface area (Å²) in [6.07, 6.45) is 0.935. The first-order valence-corrected chi connectivity index (χ1v) is 6.67. The average Bonchev–Trinajstić information content (AvgIpc) is 2.98. The molecule has 1 aliphatic rings. The van der Waals surface area contributed by atoms with E-state index >= 15 is 0 Å². The quantitative estimate of drug-likeness (QED) is 0.934. The maximum absolute atomic E-state index is 6.12. The second-order valence-corrected chi connectivity index (χ2v) is 5.13. The number of fused-ring (bicyclic) bond motifs is 1. The van der Waals surface area contributed by atoms with E-state index in [0.717, 1.165) is 40.8 Å². The fraction of sp³-hybridized carbons (Fsp3) is 0.357. The number of rotatable bonds is 4. The van der Waals surface area contributed by atoms with Crippen LogP contribution in [0.4, 0.5) is 0 Å². The van der Waals surface area contributed by atoms with Crippen LogP contribution in [-0.2, 0) is 19.5 Å². The van der Waals surface area contributed by atoms with Crippen molar-refractivity contribution in [3.05, 3.63) is 45.8 Å². The van der Waals surface area contributed by atoms with Crippen molar-refractivity contribution in [3.8, 4) is 5.75 Å². The number of benzene rings is 1. The Hall–Kier alpha value is -1.52. The summed E-state index contributed by atoms with van der Waals surface area (Å²) in [5.41, 5.74) is 3.18. The van der Waals surface area contributed by atoms with Gasteiger partial charge in [0.1, 0.15) is 5.75 Å². The number of aryl methyl sites for hydroxylation is 1. The zero-order chi connectivity index (χ0) is 13.2. The first-order chi connectivity index (χ1) is 9.22. The van der Waals surface area contributed by atoms with Crippen molar-refractivity contribution in [2.75, 3.05) is 6.61 Å². The topological polar surface area (TPSA) is 47.3 Å². The molecule has 0 amide bonds. The predicted molar refractivity (Wildman–Crippen MR) is 72.4 cm³/mol. The lowest BCUT2D eigenvalue weighted by atomic mass is 10.1. The number of hydrogen-bond acceptors (Lipinski definition) is 4. The maximum atomic E-state index is 6.12. The van der Waals surface area contributed by atoms with E-state index in [0.29, 0.717) is 13.1 Å². The molecule has 100 valence electrons. The molecular formula is C14H15ClN2O2. The molecule has 4 nitrogen and oxygen atoms in total. The van der Waals surface area contributed by atoms with Gasteiger partial charge in [-0.1, -0.05) is 16.8 Å². The van der Waals surface area contributed by atoms with Crippen molar-refractivity contribution < 1.29 is 9.26 Å². The van der Waals surface area contributed by atoms with E-state index < -0.39 is 0 Å². The summed E-state index contributed by atoms with van der Waals surface area (Å²) in [5, 5.41) is 7.93. The molecule has 1 aliphatic heterocycles. The molecule has 0 spiro atoms. The van der Waals surface area contributed by atoms with Crippen molar-refractivity contribution in [2.45, 2.75) is 26.4 Å². The Morgan fingerprint density at radius 3 is 3.00 bits per heavy atom. The summed E-state index contributed by atoms with van der Waals surface area (Å²) in [5.74, 6) is 1.81. The summed E-state index contributed by atoms with van der Waals surface area (Å²) in [6, 6.07) is 5.85. The number of halogens is 1. The second kappa shape index (κ2) is 5.23. The average molecular weight is 279 g/mol. The summed E-state index contributed by atoms with van der Waals surface area (Å²) < 4.78 is 10.8. The van der Waals surface area contributed by atoms with E-state index in [1.54, 1.807) is 0 Å². The Bertz CT molecular complexity index is 595. The zero-order valence-corrected chi connectivity index (χ0v) is 11.5. The van der Waals surface area contributed by atoms with Crippen LogP contribution in [0.1, 0.15) is 22.6 Å². The molecule has 3 rings (SSSR count). The van der Waals surface area contributed by atoms with E-state index in [1.165, 1.54) is 5.56 Å². The first kappa shape index (κ1) is 12.5. The van der Waals surface area contributed by atoms with Crippen LogP contribution in [0.15, 0.2) is 22.7 Å². The molecule has 0 fully saturated rings. The maximum Gasteiger partial charge on any atom is 0.150 e. The van der Waals surface area contributed by atoms with E-state index in [2.05, 4.69) is 10.5 Å². The molecular weight excluding hydrogens is 264 g/mol. The Morgan fingerprint density at radius 2 is 2.21 bits per heavy atom. The Labute approximate surface area is 116 Å². The van der Waals surface area contributed by atoms with E-state index in [1.807, 2.05) is 25.1 Å². The lowest BCUT2D eigenvalue weighted by Crippen LogP contribution is -2.13. The number of ether oxygens (including phenoxy) is 1. The standard InChI is InChI=1S/C14H15ClN2O2/c1-9-4-13(19-17-9)8-16-7-11-6-12(15)5-10-2-3-18-14(10)11/h4-6,16H,2-3,7-8H2,1H3. The Morgan fingerprint density at radius 1 is 1.32 bits per heavy atom. The molecule has 0 saturated heterocycles. The largest absolute Gasteiger partial charge is 0.493 e. The summed E-state index contributed by atoms with van der Waals surface area (Å²) in [6.45, 7) is 3.99. The van der Waals surface area contributed by atoms with Crippen LogP contribution in [0.5, 0.6) is 5.75 Å². The molecule has 0 atom stereocenters. The van der Waals surface area contributed by atoms with Crippen molar-refractivity contribution in [3.63, 3.8) is 0 Å². The van der Waals surface area contributed by atoms with Crippen LogP contribution in [0.3, 0.4) is 0 Å². The number of hydrogen-bond donors (Lipinski definition) is 1. The van der Waals surface area contributed by atoms with Crippen LogP contribution in [0.25, 0.3) is 0 Å². The molecule has 0 saturated carbocycles. The van der Waals surface area contributed by atoms with Gasteiger partial charge in [-0.2, -0.15) is 0 Å². The van der Waals surface area contributed by atoms with Crippen molar-refractivity contribution in [2.24, 2.45) is 0 Å². The fourth-order valence-electron chi connectivity index (χ4n) is 2.30. The Balaban J connectivity index is 1.67.